The molecule has 1 heterocycles. The highest BCUT2D eigenvalue weighted by Crippen LogP contribution is 2.07. The van der Waals surface area contributed by atoms with Crippen LogP contribution in [0.2, 0.25) is 0 Å². The predicted molar refractivity (Wildman–Crippen MR) is 40.2 cm³/mol. The fourth-order valence-electron chi connectivity index (χ4n) is 0.865. The summed E-state index contributed by atoms with van der Waals surface area (Å²) < 4.78 is 4.79. The quantitative estimate of drug-likeness (QED) is 0.541. The van der Waals surface area contributed by atoms with Gasteiger partial charge in [-0.2, -0.15) is 0 Å². The van der Waals surface area contributed by atoms with Gasteiger partial charge in [-0.05, 0) is 12.5 Å². The van der Waals surface area contributed by atoms with Crippen molar-refractivity contribution in [2.75, 3.05) is 7.05 Å². The van der Waals surface area contributed by atoms with Crippen molar-refractivity contribution in [1.29, 1.82) is 0 Å². The molecule has 1 rings (SSSR count). The molecule has 1 aliphatic rings. The summed E-state index contributed by atoms with van der Waals surface area (Å²) in [4.78, 5) is 5.92. The van der Waals surface area contributed by atoms with E-state index >= 15 is 0 Å². The van der Waals surface area contributed by atoms with Crippen molar-refractivity contribution in [3.8, 4) is 0 Å². The van der Waals surface area contributed by atoms with Crippen LogP contribution >= 0.6 is 0 Å². The van der Waals surface area contributed by atoms with Gasteiger partial charge in [0.15, 0.2) is 0 Å². The standard InChI is InChI=1S/C7H11N2O/c1-6-4-8-7(10-3)9(2)5-6/h4-5,7H,3H2,1-2H3. The summed E-state index contributed by atoms with van der Waals surface area (Å²) in [6, 6.07) is 0. The average molecular weight is 139 g/mol. The first-order valence-electron chi connectivity index (χ1n) is 3.08. The normalized spacial score (nSPS) is 24.9. The molecule has 0 fully saturated rings. The van der Waals surface area contributed by atoms with E-state index < -0.39 is 0 Å². The second-order valence-electron chi connectivity index (χ2n) is 2.31. The Morgan fingerprint density at radius 3 is 3.00 bits per heavy atom. The summed E-state index contributed by atoms with van der Waals surface area (Å²) in [5.41, 5.74) is 1.12. The zero-order valence-electron chi connectivity index (χ0n) is 6.24. The highest BCUT2D eigenvalue weighted by molar-refractivity contribution is 5.78. The summed E-state index contributed by atoms with van der Waals surface area (Å²) in [7, 11) is 5.20. The maximum Gasteiger partial charge on any atom is 0.227 e. The average Bonchev–Trinajstić information content (AvgIpc) is 1.88. The van der Waals surface area contributed by atoms with Gasteiger partial charge in [0.05, 0.1) is 7.11 Å². The van der Waals surface area contributed by atoms with Crippen LogP contribution in [0.25, 0.3) is 0 Å². The van der Waals surface area contributed by atoms with Crippen molar-refractivity contribution in [2.24, 2.45) is 4.99 Å². The van der Waals surface area contributed by atoms with Crippen LogP contribution in [-0.2, 0) is 4.74 Å². The van der Waals surface area contributed by atoms with Crippen LogP contribution in [0.1, 0.15) is 6.92 Å². The summed E-state index contributed by atoms with van der Waals surface area (Å²) in [6.07, 6.45) is 3.49. The maximum absolute atomic E-state index is 4.79. The molecule has 0 saturated carbocycles. The minimum absolute atomic E-state index is 0.247. The van der Waals surface area contributed by atoms with Gasteiger partial charge >= 0.3 is 0 Å². The Morgan fingerprint density at radius 1 is 1.80 bits per heavy atom. The van der Waals surface area contributed by atoms with E-state index in [-0.39, 0.29) is 6.35 Å². The fourth-order valence-corrected chi connectivity index (χ4v) is 0.865. The molecule has 0 aromatic heterocycles. The Morgan fingerprint density at radius 2 is 2.50 bits per heavy atom. The van der Waals surface area contributed by atoms with Gasteiger partial charge in [-0.25, -0.2) is 4.99 Å². The van der Waals surface area contributed by atoms with E-state index in [1.807, 2.05) is 25.1 Å². The Hall–Kier alpha value is -0.830. The van der Waals surface area contributed by atoms with Crippen LogP contribution in [0, 0.1) is 7.11 Å². The van der Waals surface area contributed by atoms with Crippen LogP contribution in [0.3, 0.4) is 0 Å². The molecule has 0 saturated heterocycles. The number of nitrogens with zero attached hydrogens (tertiary/aromatic N) is 2. The van der Waals surface area contributed by atoms with E-state index in [1.165, 1.54) is 0 Å². The molecule has 1 radical (unpaired) electrons. The van der Waals surface area contributed by atoms with Gasteiger partial charge < -0.3 is 9.64 Å². The molecule has 1 atom stereocenters. The molecule has 10 heavy (non-hydrogen) atoms. The van der Waals surface area contributed by atoms with Crippen LogP contribution in [0.5, 0.6) is 0 Å². The lowest BCUT2D eigenvalue weighted by Gasteiger charge is -2.24. The Kier molecular flexibility index (Phi) is 2.06. The molecule has 1 unspecified atom stereocenters. The second-order valence-corrected chi connectivity index (χ2v) is 2.31. The fraction of sp³-hybridized carbons (Fsp3) is 0.429. The third-order valence-electron chi connectivity index (χ3n) is 1.31. The third kappa shape index (κ3) is 1.36. The Bertz CT molecular complexity index is 174. The van der Waals surface area contributed by atoms with E-state index in [0.717, 1.165) is 5.57 Å². The molecule has 0 bridgehead atoms. The van der Waals surface area contributed by atoms with Gasteiger partial charge in [-0.15, -0.1) is 0 Å². The largest absolute Gasteiger partial charge is 0.337 e. The number of ether oxygens (including phenoxy) is 1. The molecule has 55 valence electrons. The van der Waals surface area contributed by atoms with E-state index in [9.17, 15) is 0 Å². The lowest BCUT2D eigenvalue weighted by atomic mass is 10.3. The van der Waals surface area contributed by atoms with Crippen molar-refractivity contribution < 1.29 is 4.74 Å². The van der Waals surface area contributed by atoms with E-state index in [0.29, 0.717) is 0 Å². The van der Waals surface area contributed by atoms with Gasteiger partial charge in [0, 0.05) is 19.5 Å². The monoisotopic (exact) mass is 139 g/mol. The van der Waals surface area contributed by atoms with E-state index in [4.69, 9.17) is 4.74 Å². The van der Waals surface area contributed by atoms with Crippen molar-refractivity contribution in [2.45, 2.75) is 13.3 Å². The van der Waals surface area contributed by atoms with Crippen LogP contribution < -0.4 is 0 Å². The number of allylic oxidation sites excluding steroid dienone is 1. The predicted octanol–water partition coefficient (Wildman–Crippen LogP) is 0.998. The number of rotatable bonds is 1. The van der Waals surface area contributed by atoms with Gasteiger partial charge in [-0.3, -0.25) is 0 Å². The molecule has 0 N–H and O–H groups in total. The lowest BCUT2D eigenvalue weighted by Crippen LogP contribution is -2.29. The van der Waals surface area contributed by atoms with Crippen molar-refractivity contribution in [3.05, 3.63) is 18.9 Å². The summed E-state index contributed by atoms with van der Waals surface area (Å²) in [6.45, 7) is 1.99. The Balaban J connectivity index is 2.64. The number of aliphatic imine (C=N–C) groups is 1. The zero-order valence-corrected chi connectivity index (χ0v) is 6.24. The topological polar surface area (TPSA) is 24.8 Å². The molecule has 0 amide bonds. The summed E-state index contributed by atoms with van der Waals surface area (Å²) in [5, 5.41) is 0. The summed E-state index contributed by atoms with van der Waals surface area (Å²) >= 11 is 0. The Labute approximate surface area is 61.0 Å². The molecular weight excluding hydrogens is 128 g/mol. The van der Waals surface area contributed by atoms with Gasteiger partial charge in [0.2, 0.25) is 6.35 Å². The smallest absolute Gasteiger partial charge is 0.227 e. The van der Waals surface area contributed by atoms with Crippen LogP contribution in [0.15, 0.2) is 16.8 Å². The van der Waals surface area contributed by atoms with Gasteiger partial charge in [-0.1, -0.05) is 0 Å². The van der Waals surface area contributed by atoms with E-state index in [1.54, 1.807) is 6.21 Å². The zero-order chi connectivity index (χ0) is 7.56. The third-order valence-corrected chi connectivity index (χ3v) is 1.31. The first-order valence-corrected chi connectivity index (χ1v) is 3.08. The number of hydrogen-bond acceptors (Lipinski definition) is 3. The molecule has 3 heteroatoms. The SMILES string of the molecule is [CH2]OC1N=CC(C)=CN1C. The first-order chi connectivity index (χ1) is 4.74. The number of hydrogen-bond donors (Lipinski definition) is 0. The molecule has 1 aliphatic heterocycles. The first kappa shape index (κ1) is 7.28. The van der Waals surface area contributed by atoms with Crippen LogP contribution in [0.4, 0.5) is 0 Å². The van der Waals surface area contributed by atoms with Crippen molar-refractivity contribution in [3.63, 3.8) is 0 Å². The maximum atomic E-state index is 4.79. The molecule has 0 spiro atoms. The molecule has 3 nitrogen and oxygen atoms in total. The van der Waals surface area contributed by atoms with E-state index in [2.05, 4.69) is 12.1 Å². The summed E-state index contributed by atoms with van der Waals surface area (Å²) in [5.74, 6) is 0. The minimum atomic E-state index is -0.247. The second kappa shape index (κ2) is 2.84. The highest BCUT2D eigenvalue weighted by atomic mass is 16.5. The molecular formula is C7H11N2O. The van der Waals surface area contributed by atoms with Crippen LogP contribution in [-0.4, -0.2) is 24.5 Å². The minimum Gasteiger partial charge on any atom is -0.337 e. The van der Waals surface area contributed by atoms with Crippen molar-refractivity contribution in [1.82, 2.24) is 4.90 Å². The highest BCUT2D eigenvalue weighted by Gasteiger charge is 2.10. The molecule has 0 aromatic rings. The molecule has 0 aromatic carbocycles. The lowest BCUT2D eigenvalue weighted by molar-refractivity contribution is 0.0391. The molecule has 0 aliphatic carbocycles. The van der Waals surface area contributed by atoms with Crippen molar-refractivity contribution >= 4 is 6.21 Å². The van der Waals surface area contributed by atoms with Gasteiger partial charge in [0.25, 0.3) is 0 Å². The van der Waals surface area contributed by atoms with Gasteiger partial charge in [0.1, 0.15) is 0 Å².